The molecule has 156 valence electrons. The topological polar surface area (TPSA) is 67.9 Å². The quantitative estimate of drug-likeness (QED) is 0.344. The smallest absolute Gasteiger partial charge is 0.282 e. The highest BCUT2D eigenvalue weighted by Gasteiger charge is 2.34. The van der Waals surface area contributed by atoms with E-state index < -0.39 is 11.8 Å². The zero-order valence-corrected chi connectivity index (χ0v) is 16.9. The Morgan fingerprint density at radius 1 is 0.774 bits per heavy atom. The summed E-state index contributed by atoms with van der Waals surface area (Å²) in [6, 6.07) is 25.9. The molecule has 1 heterocycles. The van der Waals surface area contributed by atoms with Crippen LogP contribution in [0.2, 0.25) is 0 Å². The lowest BCUT2D eigenvalue weighted by Gasteiger charge is -2.14. The van der Waals surface area contributed by atoms with Crippen LogP contribution in [0.3, 0.4) is 0 Å². The van der Waals surface area contributed by atoms with Crippen molar-refractivity contribution >= 4 is 23.6 Å². The number of amides is 2. The summed E-state index contributed by atoms with van der Waals surface area (Å²) < 4.78 is 11.6. The van der Waals surface area contributed by atoms with Crippen LogP contribution < -0.4 is 19.9 Å². The second-order valence-corrected chi connectivity index (χ2v) is 6.88. The number of ether oxygens (including phenoxy) is 2. The molecule has 1 fully saturated rings. The van der Waals surface area contributed by atoms with Crippen LogP contribution in [0.25, 0.3) is 6.08 Å². The largest absolute Gasteiger partial charge is 0.493 e. The van der Waals surface area contributed by atoms with Gasteiger partial charge in [-0.1, -0.05) is 54.6 Å². The Morgan fingerprint density at radius 3 is 2.19 bits per heavy atom. The highest BCUT2D eigenvalue weighted by molar-refractivity contribution is 6.31. The Balaban J connectivity index is 1.40. The monoisotopic (exact) mass is 414 g/mol. The van der Waals surface area contributed by atoms with Crippen molar-refractivity contribution in [2.24, 2.45) is 0 Å². The number of benzene rings is 3. The molecule has 1 saturated heterocycles. The van der Waals surface area contributed by atoms with Gasteiger partial charge >= 0.3 is 0 Å². The third-order valence-corrected chi connectivity index (χ3v) is 4.68. The fourth-order valence-electron chi connectivity index (χ4n) is 3.15. The third-order valence-electron chi connectivity index (χ3n) is 4.68. The Bertz CT molecular complexity index is 1080. The molecule has 2 amide bonds. The predicted molar refractivity (Wildman–Crippen MR) is 119 cm³/mol. The van der Waals surface area contributed by atoms with E-state index in [0.717, 1.165) is 5.75 Å². The lowest BCUT2D eigenvalue weighted by atomic mass is 10.1. The minimum atomic E-state index is -0.445. The van der Waals surface area contributed by atoms with Crippen molar-refractivity contribution in [3.63, 3.8) is 0 Å². The number of anilines is 1. The second kappa shape index (κ2) is 9.63. The van der Waals surface area contributed by atoms with Gasteiger partial charge in [0, 0.05) is 12.0 Å². The molecule has 0 radical (unpaired) electrons. The maximum atomic E-state index is 12.8. The van der Waals surface area contributed by atoms with Crippen molar-refractivity contribution in [2.75, 3.05) is 18.2 Å². The molecule has 1 aliphatic heterocycles. The molecule has 0 atom stereocenters. The first-order valence-electron chi connectivity index (χ1n) is 10.0. The molecule has 0 saturated carbocycles. The lowest BCUT2D eigenvalue weighted by molar-refractivity contribution is -0.117. The molecular formula is C25H22N2O4. The van der Waals surface area contributed by atoms with E-state index in [-0.39, 0.29) is 5.57 Å². The molecule has 3 aromatic rings. The van der Waals surface area contributed by atoms with Gasteiger partial charge in [0.25, 0.3) is 11.8 Å². The molecule has 3 aromatic carbocycles. The highest BCUT2D eigenvalue weighted by atomic mass is 16.5. The molecule has 0 spiro atoms. The van der Waals surface area contributed by atoms with Gasteiger partial charge in [-0.2, -0.15) is 0 Å². The van der Waals surface area contributed by atoms with Gasteiger partial charge < -0.3 is 9.47 Å². The van der Waals surface area contributed by atoms with E-state index in [0.29, 0.717) is 36.6 Å². The molecule has 1 aliphatic rings. The first kappa shape index (κ1) is 20.2. The van der Waals surface area contributed by atoms with Crippen LogP contribution >= 0.6 is 0 Å². The van der Waals surface area contributed by atoms with Crippen LogP contribution in [0.4, 0.5) is 5.69 Å². The van der Waals surface area contributed by atoms with Crippen LogP contribution in [0, 0.1) is 0 Å². The standard InChI is InChI=1S/C25H22N2O4/c28-24-22(25(29)27(26-24)20-11-3-1-4-12-20)18-19-10-7-8-15-23(19)31-17-9-16-30-21-13-5-2-6-14-21/h1-8,10-15,18H,9,16-17H2,(H,26,28)/b22-18-. The Labute approximate surface area is 180 Å². The highest BCUT2D eigenvalue weighted by Crippen LogP contribution is 2.25. The SMILES string of the molecule is O=C1NN(c2ccccc2)C(=O)/C1=C\c1ccccc1OCCCOc1ccccc1. The molecule has 31 heavy (non-hydrogen) atoms. The maximum absolute atomic E-state index is 12.8. The summed E-state index contributed by atoms with van der Waals surface area (Å²) in [6.45, 7) is 0.976. The van der Waals surface area contributed by atoms with E-state index in [9.17, 15) is 9.59 Å². The molecule has 6 heteroatoms. The van der Waals surface area contributed by atoms with E-state index in [1.165, 1.54) is 5.01 Å². The van der Waals surface area contributed by atoms with E-state index in [4.69, 9.17) is 9.47 Å². The number of carbonyl (C=O) groups excluding carboxylic acids is 2. The van der Waals surface area contributed by atoms with Crippen molar-refractivity contribution in [1.29, 1.82) is 0 Å². The summed E-state index contributed by atoms with van der Waals surface area (Å²) >= 11 is 0. The lowest BCUT2D eigenvalue weighted by Crippen LogP contribution is -2.35. The molecule has 0 bridgehead atoms. The van der Waals surface area contributed by atoms with Crippen molar-refractivity contribution in [1.82, 2.24) is 5.43 Å². The van der Waals surface area contributed by atoms with Crippen LogP contribution in [-0.2, 0) is 9.59 Å². The molecule has 4 rings (SSSR count). The number of hydrogen-bond acceptors (Lipinski definition) is 4. The maximum Gasteiger partial charge on any atom is 0.282 e. The molecule has 0 aliphatic carbocycles. The number of hydrogen-bond donors (Lipinski definition) is 1. The van der Waals surface area contributed by atoms with Crippen LogP contribution in [0.5, 0.6) is 11.5 Å². The fraction of sp³-hybridized carbons (Fsp3) is 0.120. The van der Waals surface area contributed by atoms with Crippen LogP contribution in [-0.4, -0.2) is 25.0 Å². The minimum Gasteiger partial charge on any atom is -0.493 e. The summed E-state index contributed by atoms with van der Waals surface area (Å²) in [5.74, 6) is 0.581. The molecule has 0 aromatic heterocycles. The van der Waals surface area contributed by atoms with Gasteiger partial charge in [0.1, 0.15) is 17.1 Å². The number of para-hydroxylation sites is 3. The van der Waals surface area contributed by atoms with Crippen LogP contribution in [0.15, 0.2) is 90.5 Å². The average Bonchev–Trinajstić information content (AvgIpc) is 3.09. The normalized spacial score (nSPS) is 14.6. The summed E-state index contributed by atoms with van der Waals surface area (Å²) in [6.07, 6.45) is 2.26. The zero-order chi connectivity index (χ0) is 21.5. The number of rotatable bonds is 8. The van der Waals surface area contributed by atoms with Gasteiger partial charge in [-0.25, -0.2) is 5.01 Å². The van der Waals surface area contributed by atoms with Gasteiger partial charge in [-0.3, -0.25) is 15.0 Å². The Hall–Kier alpha value is -4.06. The third kappa shape index (κ3) is 4.93. The van der Waals surface area contributed by atoms with Gasteiger partial charge in [0.15, 0.2) is 0 Å². The summed E-state index contributed by atoms with van der Waals surface area (Å²) in [5, 5.41) is 1.25. The van der Waals surface area contributed by atoms with Crippen LogP contribution in [0.1, 0.15) is 12.0 Å². The van der Waals surface area contributed by atoms with Gasteiger partial charge in [0.05, 0.1) is 18.9 Å². The average molecular weight is 414 g/mol. The van der Waals surface area contributed by atoms with Crippen molar-refractivity contribution in [2.45, 2.75) is 6.42 Å². The van der Waals surface area contributed by atoms with E-state index in [1.807, 2.05) is 60.7 Å². The van der Waals surface area contributed by atoms with Gasteiger partial charge in [0.2, 0.25) is 0 Å². The number of carbonyl (C=O) groups is 2. The minimum absolute atomic E-state index is 0.0623. The van der Waals surface area contributed by atoms with Crippen molar-refractivity contribution in [3.8, 4) is 11.5 Å². The van der Waals surface area contributed by atoms with E-state index >= 15 is 0 Å². The number of hydrazine groups is 1. The first-order valence-corrected chi connectivity index (χ1v) is 10.0. The number of nitrogens with zero attached hydrogens (tertiary/aromatic N) is 1. The number of nitrogens with one attached hydrogen (secondary N) is 1. The summed E-state index contributed by atoms with van der Waals surface area (Å²) in [5.41, 5.74) is 3.94. The predicted octanol–water partition coefficient (Wildman–Crippen LogP) is 4.00. The molecule has 0 unspecified atom stereocenters. The first-order chi connectivity index (χ1) is 15.2. The molecule has 6 nitrogen and oxygen atoms in total. The summed E-state index contributed by atoms with van der Waals surface area (Å²) in [7, 11) is 0. The van der Waals surface area contributed by atoms with E-state index in [1.54, 1.807) is 30.3 Å². The molecular weight excluding hydrogens is 392 g/mol. The fourth-order valence-corrected chi connectivity index (χ4v) is 3.15. The Kier molecular flexibility index (Phi) is 6.28. The zero-order valence-electron chi connectivity index (χ0n) is 16.9. The van der Waals surface area contributed by atoms with Gasteiger partial charge in [-0.05, 0) is 36.4 Å². The molecule has 1 N–H and O–H groups in total. The van der Waals surface area contributed by atoms with E-state index in [2.05, 4.69) is 5.43 Å². The Morgan fingerprint density at radius 2 is 1.42 bits per heavy atom. The van der Waals surface area contributed by atoms with Gasteiger partial charge in [-0.15, -0.1) is 0 Å². The summed E-state index contributed by atoms with van der Waals surface area (Å²) in [4.78, 5) is 25.2. The van der Waals surface area contributed by atoms with Crippen molar-refractivity contribution < 1.29 is 19.1 Å². The second-order valence-electron chi connectivity index (χ2n) is 6.88. The van der Waals surface area contributed by atoms with Crippen molar-refractivity contribution in [3.05, 3.63) is 96.1 Å².